The van der Waals surface area contributed by atoms with Crippen LogP contribution in [0, 0.1) is 13.8 Å². The fourth-order valence-electron chi connectivity index (χ4n) is 4.05. The monoisotopic (exact) mass is 454 g/mol. The van der Waals surface area contributed by atoms with Crippen LogP contribution < -0.4 is 9.47 Å². The number of hydrogen-bond donors (Lipinski definition) is 0. The maximum atomic E-state index is 5.74. The molecule has 34 heavy (non-hydrogen) atoms. The Morgan fingerprint density at radius 3 is 2.26 bits per heavy atom. The van der Waals surface area contributed by atoms with Gasteiger partial charge in [0, 0.05) is 22.5 Å². The summed E-state index contributed by atoms with van der Waals surface area (Å²) in [6.07, 6.45) is 0. The van der Waals surface area contributed by atoms with Crippen LogP contribution in [0.3, 0.4) is 0 Å². The van der Waals surface area contributed by atoms with E-state index in [-0.39, 0.29) is 0 Å². The van der Waals surface area contributed by atoms with Crippen LogP contribution in [0.2, 0.25) is 0 Å². The summed E-state index contributed by atoms with van der Waals surface area (Å²) in [5.74, 6) is 1.63. The summed E-state index contributed by atoms with van der Waals surface area (Å²) in [5.41, 5.74) is 8.38. The molecule has 3 aromatic carbocycles. The van der Waals surface area contributed by atoms with E-state index in [0.717, 1.165) is 51.0 Å². The van der Waals surface area contributed by atoms with E-state index >= 15 is 0 Å². The normalized spacial score (nSPS) is 11.4. The lowest BCUT2D eigenvalue weighted by molar-refractivity contribution is 0.130. The predicted octanol–water partition coefficient (Wildman–Crippen LogP) is 6.72. The Balaban J connectivity index is 1.74. The van der Waals surface area contributed by atoms with Crippen LogP contribution >= 0.6 is 0 Å². The molecule has 0 unspecified atom stereocenters. The number of methoxy groups -OCH3 is 2. The fourth-order valence-corrected chi connectivity index (χ4v) is 4.05. The van der Waals surface area contributed by atoms with E-state index in [9.17, 15) is 0 Å². The predicted molar refractivity (Wildman–Crippen MR) is 137 cm³/mol. The molecule has 0 radical (unpaired) electrons. The van der Waals surface area contributed by atoms with Gasteiger partial charge >= 0.3 is 0 Å². The second kappa shape index (κ2) is 10.3. The molecule has 5 nitrogen and oxygen atoms in total. The molecule has 0 amide bonds. The van der Waals surface area contributed by atoms with Gasteiger partial charge in [0.05, 0.1) is 25.6 Å². The van der Waals surface area contributed by atoms with E-state index in [0.29, 0.717) is 6.61 Å². The van der Waals surface area contributed by atoms with Crippen LogP contribution in [0.25, 0.3) is 16.9 Å². The second-order valence-corrected chi connectivity index (χ2v) is 8.17. The molecule has 1 heterocycles. The molecule has 4 aromatic rings. The highest BCUT2D eigenvalue weighted by Crippen LogP contribution is 2.32. The minimum absolute atomic E-state index is 0.436. The third-order valence-electron chi connectivity index (χ3n) is 6.02. The van der Waals surface area contributed by atoms with Gasteiger partial charge in [-0.1, -0.05) is 41.6 Å². The molecule has 0 aliphatic heterocycles. The van der Waals surface area contributed by atoms with Gasteiger partial charge in [-0.25, -0.2) is 0 Å². The van der Waals surface area contributed by atoms with E-state index in [2.05, 4.69) is 60.0 Å². The van der Waals surface area contributed by atoms with Crippen molar-refractivity contribution in [3.8, 4) is 28.4 Å². The fraction of sp³-hybridized carbons (Fsp3) is 0.207. The number of oxime groups is 1. The molecule has 0 saturated carbocycles. The largest absolute Gasteiger partial charge is 0.497 e. The van der Waals surface area contributed by atoms with Gasteiger partial charge in [-0.3, -0.25) is 0 Å². The van der Waals surface area contributed by atoms with Crippen LogP contribution in [-0.2, 0) is 11.4 Å². The van der Waals surface area contributed by atoms with Crippen molar-refractivity contribution >= 4 is 5.71 Å². The van der Waals surface area contributed by atoms with Crippen molar-refractivity contribution < 1.29 is 14.3 Å². The first-order valence-electron chi connectivity index (χ1n) is 11.2. The molecule has 0 aliphatic carbocycles. The quantitative estimate of drug-likeness (QED) is 0.219. The Morgan fingerprint density at radius 1 is 0.824 bits per heavy atom. The maximum absolute atomic E-state index is 5.74. The molecule has 0 atom stereocenters. The molecule has 0 spiro atoms. The Morgan fingerprint density at radius 2 is 1.56 bits per heavy atom. The van der Waals surface area contributed by atoms with Crippen molar-refractivity contribution in [3.63, 3.8) is 0 Å². The average Bonchev–Trinajstić information content (AvgIpc) is 3.22. The van der Waals surface area contributed by atoms with Crippen LogP contribution in [-0.4, -0.2) is 24.5 Å². The first-order chi connectivity index (χ1) is 16.5. The summed E-state index contributed by atoms with van der Waals surface area (Å²) in [6.45, 7) is 6.59. The highest BCUT2D eigenvalue weighted by atomic mass is 16.6. The Hall–Kier alpha value is -3.99. The van der Waals surface area contributed by atoms with Gasteiger partial charge in [-0.2, -0.15) is 0 Å². The van der Waals surface area contributed by atoms with Crippen molar-refractivity contribution in [1.29, 1.82) is 0 Å². The number of ether oxygens (including phenoxy) is 2. The van der Waals surface area contributed by atoms with Crippen molar-refractivity contribution in [1.82, 2.24) is 4.57 Å². The summed E-state index contributed by atoms with van der Waals surface area (Å²) in [6, 6.07) is 26.5. The molecule has 0 fully saturated rings. The van der Waals surface area contributed by atoms with Crippen molar-refractivity contribution in [2.45, 2.75) is 27.4 Å². The number of aromatic nitrogens is 1. The topological polar surface area (TPSA) is 45.0 Å². The van der Waals surface area contributed by atoms with Gasteiger partial charge in [0.2, 0.25) is 0 Å². The number of benzene rings is 3. The zero-order valence-electron chi connectivity index (χ0n) is 20.3. The van der Waals surface area contributed by atoms with E-state index in [4.69, 9.17) is 14.3 Å². The second-order valence-electron chi connectivity index (χ2n) is 8.17. The summed E-state index contributed by atoms with van der Waals surface area (Å²) >= 11 is 0. The summed E-state index contributed by atoms with van der Waals surface area (Å²) in [7, 11) is 3.35. The van der Waals surface area contributed by atoms with Crippen LogP contribution in [0.4, 0.5) is 0 Å². The lowest BCUT2D eigenvalue weighted by atomic mass is 10.1. The van der Waals surface area contributed by atoms with Gasteiger partial charge in [-0.15, -0.1) is 0 Å². The maximum Gasteiger partial charge on any atom is 0.142 e. The zero-order valence-corrected chi connectivity index (χ0v) is 20.3. The molecule has 5 heteroatoms. The highest BCUT2D eigenvalue weighted by molar-refractivity contribution is 6.01. The smallest absolute Gasteiger partial charge is 0.142 e. The minimum atomic E-state index is 0.436. The highest BCUT2D eigenvalue weighted by Gasteiger charge is 2.17. The summed E-state index contributed by atoms with van der Waals surface area (Å²) in [4.78, 5) is 5.74. The first kappa shape index (κ1) is 23.2. The minimum Gasteiger partial charge on any atom is -0.497 e. The van der Waals surface area contributed by atoms with Crippen LogP contribution in [0.15, 0.2) is 84.0 Å². The molecule has 0 saturated heterocycles. The number of rotatable bonds is 8. The van der Waals surface area contributed by atoms with Crippen LogP contribution in [0.1, 0.15) is 29.3 Å². The van der Waals surface area contributed by atoms with Gasteiger partial charge < -0.3 is 18.9 Å². The molecular formula is C29H30N2O3. The van der Waals surface area contributed by atoms with E-state index in [1.807, 2.05) is 49.4 Å². The molecular weight excluding hydrogens is 424 g/mol. The Bertz CT molecular complexity index is 1300. The van der Waals surface area contributed by atoms with E-state index < -0.39 is 0 Å². The van der Waals surface area contributed by atoms with Gasteiger partial charge in [-0.05, 0) is 74.4 Å². The lowest BCUT2D eigenvalue weighted by Gasteiger charge is -2.14. The molecule has 4 rings (SSSR count). The molecule has 0 bridgehead atoms. The van der Waals surface area contributed by atoms with E-state index in [1.165, 1.54) is 5.56 Å². The number of aryl methyl sites for hydroxylation is 1. The first-order valence-corrected chi connectivity index (χ1v) is 11.2. The van der Waals surface area contributed by atoms with Crippen molar-refractivity contribution in [2.24, 2.45) is 5.16 Å². The van der Waals surface area contributed by atoms with Crippen molar-refractivity contribution in [2.75, 3.05) is 14.2 Å². The SMILES string of the molecule is COc1ccc(-n2c(-c3cccc(OC)c3)cc(C(C)=NOCc3ccccc3C)c2C)cc1. The standard InChI is InChI=1S/C29H30N2O3/c1-20-9-6-7-10-24(20)19-34-30-21(2)28-18-29(23-11-8-12-27(17-23)33-5)31(22(28)3)25-13-15-26(32-4)16-14-25/h6-18H,19H2,1-5H3. The third kappa shape index (κ3) is 4.84. The molecule has 1 aromatic heterocycles. The molecule has 0 aliphatic rings. The molecule has 174 valence electrons. The Kier molecular flexibility index (Phi) is 7.02. The van der Waals surface area contributed by atoms with E-state index in [1.54, 1.807) is 14.2 Å². The summed E-state index contributed by atoms with van der Waals surface area (Å²) < 4.78 is 13.0. The third-order valence-corrected chi connectivity index (χ3v) is 6.02. The van der Waals surface area contributed by atoms with Crippen molar-refractivity contribution in [3.05, 3.63) is 101 Å². The average molecular weight is 455 g/mol. The van der Waals surface area contributed by atoms with Crippen LogP contribution in [0.5, 0.6) is 11.5 Å². The van der Waals surface area contributed by atoms with Gasteiger partial charge in [0.15, 0.2) is 0 Å². The Labute approximate surface area is 201 Å². The zero-order chi connectivity index (χ0) is 24.1. The molecule has 0 N–H and O–H groups in total. The van der Waals surface area contributed by atoms with Gasteiger partial charge in [0.1, 0.15) is 18.1 Å². The lowest BCUT2D eigenvalue weighted by Crippen LogP contribution is -2.03. The van der Waals surface area contributed by atoms with Gasteiger partial charge in [0.25, 0.3) is 0 Å². The summed E-state index contributed by atoms with van der Waals surface area (Å²) in [5, 5.41) is 4.45. The number of hydrogen-bond acceptors (Lipinski definition) is 4. The number of nitrogens with zero attached hydrogens (tertiary/aromatic N) is 2.